The molecule has 1 atom stereocenters. The maximum atomic E-state index is 11.9. The average molecular weight is 470 g/mol. The van der Waals surface area contributed by atoms with Gasteiger partial charge in [-0.2, -0.15) is 4.99 Å². The molecule has 2 aliphatic heterocycles. The minimum atomic E-state index is -0.164. The summed E-state index contributed by atoms with van der Waals surface area (Å²) in [6, 6.07) is 20.4. The molecule has 6 rings (SSSR count). The van der Waals surface area contributed by atoms with Crippen molar-refractivity contribution in [2.24, 2.45) is 21.8 Å². The summed E-state index contributed by atoms with van der Waals surface area (Å²) in [6.07, 6.45) is 6.71. The van der Waals surface area contributed by atoms with Crippen LogP contribution in [0.4, 0.5) is 0 Å². The summed E-state index contributed by atoms with van der Waals surface area (Å²) >= 11 is 7.16. The third-order valence-electron chi connectivity index (χ3n) is 6.78. The second kappa shape index (κ2) is 8.01. The van der Waals surface area contributed by atoms with Crippen molar-refractivity contribution in [3.63, 3.8) is 0 Å². The van der Waals surface area contributed by atoms with Crippen molar-refractivity contribution < 1.29 is 13.5 Å². The van der Waals surface area contributed by atoms with Crippen molar-refractivity contribution in [3.8, 4) is 11.3 Å². The number of quaternary nitrogens is 1. The van der Waals surface area contributed by atoms with E-state index in [4.69, 9.17) is 26.5 Å². The molecular weight excluding hydrogens is 448 g/mol. The van der Waals surface area contributed by atoms with E-state index in [2.05, 4.69) is 23.2 Å². The van der Waals surface area contributed by atoms with Crippen molar-refractivity contribution in [2.45, 2.75) is 12.8 Å². The van der Waals surface area contributed by atoms with Crippen LogP contribution in [0.2, 0.25) is 0 Å². The van der Waals surface area contributed by atoms with Crippen molar-refractivity contribution in [3.05, 3.63) is 90.0 Å². The minimum Gasteiger partial charge on any atom is -0.469 e. The molecule has 1 fully saturated rings. The van der Waals surface area contributed by atoms with E-state index in [1.165, 1.54) is 7.11 Å². The van der Waals surface area contributed by atoms with Crippen LogP contribution in [-0.2, 0) is 9.53 Å². The number of halogens is 1. The highest BCUT2D eigenvalue weighted by Crippen LogP contribution is 2.47. The number of aromatic nitrogens is 1. The number of methoxy groups -OCH3 is 1. The Morgan fingerprint density at radius 1 is 1.06 bits per heavy atom. The van der Waals surface area contributed by atoms with E-state index < -0.39 is 0 Å². The molecule has 6 nitrogen and oxygen atoms in total. The second-order valence-corrected chi connectivity index (χ2v) is 9.31. The summed E-state index contributed by atoms with van der Waals surface area (Å²) in [4.78, 5) is 26.1. The molecule has 3 heterocycles. The molecule has 0 spiro atoms. The quantitative estimate of drug-likeness (QED) is 0.369. The number of amidine groups is 1. The number of rotatable bonds is 4. The van der Waals surface area contributed by atoms with Crippen LogP contribution in [-0.4, -0.2) is 34.1 Å². The monoisotopic (exact) mass is 469 g/mol. The number of carbonyl (C=O) groups excluding carboxylic acids is 1. The summed E-state index contributed by atoms with van der Waals surface area (Å²) in [6.45, 7) is 0. The number of pyridine rings is 1. The highest BCUT2D eigenvalue weighted by Gasteiger charge is 2.50. The largest absolute Gasteiger partial charge is 0.469 e. The zero-order valence-electron chi connectivity index (χ0n) is 18.6. The van der Waals surface area contributed by atoms with Gasteiger partial charge in [0.25, 0.3) is 5.84 Å². The Balaban J connectivity index is 1.39. The van der Waals surface area contributed by atoms with Gasteiger partial charge in [-0.05, 0) is 31.0 Å². The molecule has 3 aromatic rings. The van der Waals surface area contributed by atoms with Crippen molar-refractivity contribution in [1.29, 1.82) is 0 Å². The third-order valence-corrected chi connectivity index (χ3v) is 7.24. The van der Waals surface area contributed by atoms with Gasteiger partial charge in [0.2, 0.25) is 5.70 Å². The van der Waals surface area contributed by atoms with Crippen LogP contribution in [0, 0.1) is 11.8 Å². The average Bonchev–Trinajstić information content (AvgIpc) is 3.15. The molecule has 0 radical (unpaired) electrons. The molecule has 1 aromatic heterocycles. The van der Waals surface area contributed by atoms with E-state index in [1.54, 1.807) is 12.4 Å². The molecule has 0 bridgehead atoms. The lowest BCUT2D eigenvalue weighted by atomic mass is 9.73. The van der Waals surface area contributed by atoms with Gasteiger partial charge in [0.15, 0.2) is 11.8 Å². The predicted octanol–water partition coefficient (Wildman–Crippen LogP) is 5.60. The van der Waals surface area contributed by atoms with Gasteiger partial charge < -0.3 is 4.74 Å². The summed E-state index contributed by atoms with van der Waals surface area (Å²) in [5.41, 5.74) is 5.49. The predicted molar refractivity (Wildman–Crippen MR) is 133 cm³/mol. The SMILES string of the molecule is COC(=O)C1CC(C2=C3C=NC=C[N+]3(Cl)C(c3ccc4ccc(-c5ccccc5)nc4c3)=N2)C1. The molecule has 0 N–H and O–H groups in total. The molecule has 0 amide bonds. The molecule has 1 aliphatic carbocycles. The van der Waals surface area contributed by atoms with Crippen LogP contribution in [0.5, 0.6) is 0 Å². The number of nitrogens with zero attached hydrogens (tertiary/aromatic N) is 4. The Morgan fingerprint density at radius 2 is 1.85 bits per heavy atom. The van der Waals surface area contributed by atoms with Crippen LogP contribution >= 0.6 is 11.8 Å². The Labute approximate surface area is 202 Å². The highest BCUT2D eigenvalue weighted by atomic mass is 35.5. The first-order chi connectivity index (χ1) is 16.6. The first-order valence-electron chi connectivity index (χ1n) is 11.2. The standard InChI is InChI=1S/C27H22ClN4O2/c1-34-27(33)21-13-20(14-21)25-24-16-29-11-12-32(24,28)26(31-25)19-8-7-18-9-10-22(30-23(18)15-19)17-5-3-2-4-6-17/h2-12,15-16,20-21H,13-14H2,1H3/q+1. The lowest BCUT2D eigenvalue weighted by Gasteiger charge is -2.32. The van der Waals surface area contributed by atoms with E-state index in [1.807, 2.05) is 48.7 Å². The number of hydrogen-bond acceptors (Lipinski definition) is 5. The van der Waals surface area contributed by atoms with Gasteiger partial charge in [0.1, 0.15) is 11.9 Å². The highest BCUT2D eigenvalue weighted by molar-refractivity contribution is 6.20. The fourth-order valence-corrected chi connectivity index (χ4v) is 5.17. The number of benzene rings is 2. The zero-order chi connectivity index (χ0) is 23.3. The number of aliphatic imine (C=N–C) groups is 2. The van der Waals surface area contributed by atoms with E-state index in [0.29, 0.717) is 18.7 Å². The lowest BCUT2D eigenvalue weighted by molar-refractivity contribution is -0.600. The minimum absolute atomic E-state index is 0.0674. The summed E-state index contributed by atoms with van der Waals surface area (Å²) < 4.78 is 4.83. The molecule has 1 unspecified atom stereocenters. The van der Waals surface area contributed by atoms with Gasteiger partial charge in [0.05, 0.1) is 42.2 Å². The van der Waals surface area contributed by atoms with E-state index in [9.17, 15) is 4.79 Å². The molecule has 3 aliphatic rings. The second-order valence-electron chi connectivity index (χ2n) is 8.78. The van der Waals surface area contributed by atoms with Crippen LogP contribution in [0.1, 0.15) is 18.4 Å². The molecule has 2 aromatic carbocycles. The number of hydrogen-bond donors (Lipinski definition) is 0. The van der Waals surface area contributed by atoms with Gasteiger partial charge in [-0.15, -0.1) is 4.00 Å². The Hall–Kier alpha value is -3.61. The van der Waals surface area contributed by atoms with Gasteiger partial charge in [-0.1, -0.05) is 42.5 Å². The summed E-state index contributed by atoms with van der Waals surface area (Å²) in [5, 5.41) is 1.05. The fraction of sp³-hybridized carbons (Fsp3) is 0.185. The molecule has 34 heavy (non-hydrogen) atoms. The normalized spacial score (nSPS) is 25.2. The van der Waals surface area contributed by atoms with E-state index >= 15 is 0 Å². The number of allylic oxidation sites excluding steroid dienone is 2. The molecular formula is C27H22ClN4O2+. The van der Waals surface area contributed by atoms with Crippen LogP contribution in [0.3, 0.4) is 0 Å². The zero-order valence-corrected chi connectivity index (χ0v) is 19.3. The van der Waals surface area contributed by atoms with Crippen molar-refractivity contribution >= 4 is 40.7 Å². The topological polar surface area (TPSA) is 63.9 Å². The van der Waals surface area contributed by atoms with Crippen molar-refractivity contribution in [1.82, 2.24) is 4.98 Å². The Bertz CT molecular complexity index is 1440. The van der Waals surface area contributed by atoms with E-state index in [0.717, 1.165) is 39.1 Å². The van der Waals surface area contributed by atoms with Gasteiger partial charge in [-0.25, -0.2) is 4.98 Å². The number of carbonyl (C=O) groups is 1. The summed E-state index contributed by atoms with van der Waals surface area (Å²) in [7, 11) is 1.43. The maximum absolute atomic E-state index is 11.9. The van der Waals surface area contributed by atoms with Crippen LogP contribution in [0.15, 0.2) is 94.4 Å². The van der Waals surface area contributed by atoms with Gasteiger partial charge in [-0.3, -0.25) is 9.79 Å². The number of esters is 1. The van der Waals surface area contributed by atoms with Crippen molar-refractivity contribution in [2.75, 3.05) is 7.11 Å². The third kappa shape index (κ3) is 3.30. The fourth-order valence-electron chi connectivity index (χ4n) is 4.85. The first kappa shape index (κ1) is 21.0. The first-order valence-corrected chi connectivity index (χ1v) is 11.6. The van der Waals surface area contributed by atoms with Crippen LogP contribution in [0.25, 0.3) is 22.2 Å². The smallest absolute Gasteiger partial charge is 0.308 e. The molecule has 168 valence electrons. The summed E-state index contributed by atoms with van der Waals surface area (Å²) in [5.74, 6) is 0.609. The Morgan fingerprint density at radius 3 is 2.65 bits per heavy atom. The number of fused-ring (bicyclic) bond motifs is 2. The molecule has 1 saturated carbocycles. The van der Waals surface area contributed by atoms with Gasteiger partial charge in [0, 0.05) is 16.9 Å². The van der Waals surface area contributed by atoms with E-state index in [-0.39, 0.29) is 21.8 Å². The Kier molecular flexibility index (Phi) is 4.94. The number of ether oxygens (including phenoxy) is 1. The van der Waals surface area contributed by atoms with Gasteiger partial charge >= 0.3 is 5.97 Å². The lowest BCUT2D eigenvalue weighted by Crippen LogP contribution is -2.38. The molecule has 7 heteroatoms. The molecule has 0 saturated heterocycles. The van der Waals surface area contributed by atoms with Crippen LogP contribution < -0.4 is 0 Å². The maximum Gasteiger partial charge on any atom is 0.308 e.